The number of halogens is 1. The van der Waals surface area contributed by atoms with Gasteiger partial charge in [0.05, 0.1) is 12.1 Å². The van der Waals surface area contributed by atoms with Crippen molar-refractivity contribution in [2.24, 2.45) is 0 Å². The van der Waals surface area contributed by atoms with Crippen LogP contribution in [0.2, 0.25) is 0 Å². The van der Waals surface area contributed by atoms with Gasteiger partial charge in [-0.15, -0.1) is 0 Å². The molecular formula is C13H16FNO4. The van der Waals surface area contributed by atoms with Crippen molar-refractivity contribution in [3.63, 3.8) is 0 Å². The highest BCUT2D eigenvalue weighted by atomic mass is 19.1. The van der Waals surface area contributed by atoms with Crippen LogP contribution in [0.5, 0.6) is 0 Å². The van der Waals surface area contributed by atoms with E-state index in [1.165, 1.54) is 6.07 Å². The van der Waals surface area contributed by atoms with Crippen LogP contribution in [0.25, 0.3) is 0 Å². The van der Waals surface area contributed by atoms with Crippen LogP contribution >= 0.6 is 0 Å². The van der Waals surface area contributed by atoms with Gasteiger partial charge in [0, 0.05) is 19.5 Å². The molecule has 0 fully saturated rings. The molecule has 1 aromatic carbocycles. The van der Waals surface area contributed by atoms with Crippen LogP contribution < -0.4 is 4.90 Å². The van der Waals surface area contributed by atoms with Gasteiger partial charge in [0.15, 0.2) is 0 Å². The molecule has 0 radical (unpaired) electrons. The Morgan fingerprint density at radius 1 is 1.05 bits per heavy atom. The fourth-order valence-electron chi connectivity index (χ4n) is 1.71. The third kappa shape index (κ3) is 5.37. The van der Waals surface area contributed by atoms with Gasteiger partial charge < -0.3 is 15.1 Å². The number of hydrogen-bond acceptors (Lipinski definition) is 3. The van der Waals surface area contributed by atoms with Crippen molar-refractivity contribution in [2.45, 2.75) is 19.3 Å². The number of aliphatic carboxylic acids is 2. The van der Waals surface area contributed by atoms with Crippen LogP contribution in [0.3, 0.4) is 0 Å². The van der Waals surface area contributed by atoms with Crippen molar-refractivity contribution in [2.75, 3.05) is 18.0 Å². The maximum atomic E-state index is 13.6. The van der Waals surface area contributed by atoms with Gasteiger partial charge in [-0.25, -0.2) is 4.39 Å². The first-order valence-electron chi connectivity index (χ1n) is 5.93. The number of anilines is 1. The van der Waals surface area contributed by atoms with Crippen LogP contribution in [0.15, 0.2) is 24.3 Å². The largest absolute Gasteiger partial charge is 0.481 e. The summed E-state index contributed by atoms with van der Waals surface area (Å²) >= 11 is 0. The van der Waals surface area contributed by atoms with E-state index in [9.17, 15) is 14.0 Å². The Labute approximate surface area is 110 Å². The monoisotopic (exact) mass is 269 g/mol. The number of carbonyl (C=O) groups is 2. The second-order valence-corrected chi connectivity index (χ2v) is 4.08. The van der Waals surface area contributed by atoms with Gasteiger partial charge in [0.2, 0.25) is 0 Å². The van der Waals surface area contributed by atoms with E-state index >= 15 is 0 Å². The van der Waals surface area contributed by atoms with Crippen LogP contribution in [0.4, 0.5) is 10.1 Å². The fraction of sp³-hybridized carbons (Fsp3) is 0.385. The summed E-state index contributed by atoms with van der Waals surface area (Å²) in [5.74, 6) is -2.34. The number of carboxylic acid groups (broad SMARTS) is 2. The highest BCUT2D eigenvalue weighted by Gasteiger charge is 2.12. The Kier molecular flexibility index (Phi) is 5.78. The van der Waals surface area contributed by atoms with Crippen LogP contribution in [0.1, 0.15) is 19.3 Å². The molecule has 0 aliphatic carbocycles. The van der Waals surface area contributed by atoms with Gasteiger partial charge in [0.1, 0.15) is 5.82 Å². The number of para-hydroxylation sites is 1. The molecule has 0 unspecified atom stereocenters. The number of nitrogens with zero attached hydrogens (tertiary/aromatic N) is 1. The van der Waals surface area contributed by atoms with Gasteiger partial charge in [0.25, 0.3) is 0 Å². The third-order valence-corrected chi connectivity index (χ3v) is 2.61. The number of rotatable bonds is 8. The first-order valence-corrected chi connectivity index (χ1v) is 5.93. The van der Waals surface area contributed by atoms with Crippen LogP contribution in [-0.2, 0) is 9.59 Å². The van der Waals surface area contributed by atoms with Crippen LogP contribution in [0, 0.1) is 5.82 Å². The summed E-state index contributed by atoms with van der Waals surface area (Å²) in [6.45, 7) is 0.455. The number of benzene rings is 1. The second-order valence-electron chi connectivity index (χ2n) is 4.08. The standard InChI is InChI=1S/C13H16FNO4/c14-10-4-1-2-5-11(10)15(9-7-13(18)19)8-3-6-12(16)17/h1-2,4-5H,3,6-9H2,(H,16,17)(H,18,19). The summed E-state index contributed by atoms with van der Waals surface area (Å²) in [6.07, 6.45) is 0.183. The molecule has 0 bridgehead atoms. The Balaban J connectivity index is 2.71. The molecular weight excluding hydrogens is 253 g/mol. The Morgan fingerprint density at radius 2 is 1.68 bits per heavy atom. The van der Waals surface area contributed by atoms with E-state index in [2.05, 4.69) is 0 Å². The van der Waals surface area contributed by atoms with Gasteiger partial charge in [-0.2, -0.15) is 0 Å². The smallest absolute Gasteiger partial charge is 0.305 e. The molecule has 0 aliphatic heterocycles. The van der Waals surface area contributed by atoms with Gasteiger partial charge >= 0.3 is 11.9 Å². The topological polar surface area (TPSA) is 77.8 Å². The summed E-state index contributed by atoms with van der Waals surface area (Å²) in [5.41, 5.74) is 0.300. The molecule has 0 saturated heterocycles. The van der Waals surface area contributed by atoms with Gasteiger partial charge in [-0.05, 0) is 18.6 Å². The van der Waals surface area contributed by atoms with Crippen molar-refractivity contribution < 1.29 is 24.2 Å². The average molecular weight is 269 g/mol. The van der Waals surface area contributed by atoms with E-state index in [1.54, 1.807) is 23.1 Å². The Morgan fingerprint density at radius 3 is 2.26 bits per heavy atom. The lowest BCUT2D eigenvalue weighted by Crippen LogP contribution is -2.28. The van der Waals surface area contributed by atoms with Gasteiger partial charge in [-0.3, -0.25) is 9.59 Å². The van der Waals surface area contributed by atoms with Crippen molar-refractivity contribution in [3.05, 3.63) is 30.1 Å². The van der Waals surface area contributed by atoms with E-state index in [-0.39, 0.29) is 19.4 Å². The van der Waals surface area contributed by atoms with E-state index < -0.39 is 17.8 Å². The fourth-order valence-corrected chi connectivity index (χ4v) is 1.71. The van der Waals surface area contributed by atoms with E-state index in [1.807, 2.05) is 0 Å². The van der Waals surface area contributed by atoms with Crippen LogP contribution in [-0.4, -0.2) is 35.2 Å². The highest BCUT2D eigenvalue weighted by molar-refractivity contribution is 5.68. The summed E-state index contributed by atoms with van der Waals surface area (Å²) in [4.78, 5) is 22.6. The molecule has 19 heavy (non-hydrogen) atoms. The molecule has 104 valence electrons. The van der Waals surface area contributed by atoms with Crippen molar-refractivity contribution >= 4 is 17.6 Å². The average Bonchev–Trinajstić information content (AvgIpc) is 2.34. The zero-order valence-corrected chi connectivity index (χ0v) is 10.4. The lowest BCUT2D eigenvalue weighted by molar-refractivity contribution is -0.138. The van der Waals surface area contributed by atoms with E-state index in [0.717, 1.165) is 0 Å². The van der Waals surface area contributed by atoms with Crippen molar-refractivity contribution in [1.82, 2.24) is 0 Å². The lowest BCUT2D eigenvalue weighted by atomic mass is 10.2. The molecule has 0 aromatic heterocycles. The first kappa shape index (κ1) is 14.9. The molecule has 0 saturated carbocycles. The minimum absolute atomic E-state index is 0.0297. The van der Waals surface area contributed by atoms with Crippen molar-refractivity contribution in [3.8, 4) is 0 Å². The Bertz CT molecular complexity index is 450. The van der Waals surface area contributed by atoms with E-state index in [4.69, 9.17) is 10.2 Å². The minimum Gasteiger partial charge on any atom is -0.481 e. The quantitative estimate of drug-likeness (QED) is 0.754. The summed E-state index contributed by atoms with van der Waals surface area (Å²) in [5, 5.41) is 17.3. The summed E-state index contributed by atoms with van der Waals surface area (Å²) < 4.78 is 13.6. The molecule has 5 nitrogen and oxygen atoms in total. The predicted octanol–water partition coefficient (Wildman–Crippen LogP) is 1.97. The lowest BCUT2D eigenvalue weighted by Gasteiger charge is -2.24. The zero-order chi connectivity index (χ0) is 14.3. The molecule has 0 heterocycles. The first-order chi connectivity index (χ1) is 9.00. The second kappa shape index (κ2) is 7.35. The molecule has 0 spiro atoms. The molecule has 0 aliphatic rings. The van der Waals surface area contributed by atoms with Crippen molar-refractivity contribution in [1.29, 1.82) is 0 Å². The number of carboxylic acids is 2. The predicted molar refractivity (Wildman–Crippen MR) is 67.7 cm³/mol. The third-order valence-electron chi connectivity index (χ3n) is 2.61. The highest BCUT2D eigenvalue weighted by Crippen LogP contribution is 2.19. The molecule has 0 amide bonds. The minimum atomic E-state index is -0.973. The summed E-state index contributed by atoms with van der Waals surface area (Å²) in [6, 6.07) is 6.05. The number of hydrogen-bond donors (Lipinski definition) is 2. The molecule has 1 aromatic rings. The van der Waals surface area contributed by atoms with E-state index in [0.29, 0.717) is 18.7 Å². The molecule has 2 N–H and O–H groups in total. The summed E-state index contributed by atoms with van der Waals surface area (Å²) in [7, 11) is 0. The molecule has 1 rings (SSSR count). The molecule has 6 heteroatoms. The zero-order valence-electron chi connectivity index (χ0n) is 10.4. The normalized spacial score (nSPS) is 10.2. The maximum absolute atomic E-state index is 13.6. The Hall–Kier alpha value is -2.11. The van der Waals surface area contributed by atoms with Gasteiger partial charge in [-0.1, -0.05) is 12.1 Å². The SMILES string of the molecule is O=C(O)CCCN(CCC(=O)O)c1ccccc1F. The maximum Gasteiger partial charge on any atom is 0.305 e. The molecule has 0 atom stereocenters.